The average molecular weight is 325 g/mol. The predicted octanol–water partition coefficient (Wildman–Crippen LogP) is 4.01. The molecule has 3 rings (SSSR count). The van der Waals surface area contributed by atoms with E-state index in [2.05, 4.69) is 5.32 Å². The highest BCUT2D eigenvalue weighted by Crippen LogP contribution is 2.25. The Bertz CT molecular complexity index is 879. The van der Waals surface area contributed by atoms with Gasteiger partial charge in [-0.15, -0.1) is 0 Å². The van der Waals surface area contributed by atoms with Gasteiger partial charge >= 0.3 is 0 Å². The van der Waals surface area contributed by atoms with Crippen LogP contribution in [-0.4, -0.2) is 19.6 Å². The van der Waals surface area contributed by atoms with Crippen LogP contribution >= 0.6 is 0 Å². The number of ether oxygens (including phenoxy) is 2. The normalized spacial score (nSPS) is 10.4. The highest BCUT2D eigenvalue weighted by molar-refractivity contribution is 5.92. The van der Waals surface area contributed by atoms with Crippen molar-refractivity contribution in [2.24, 2.45) is 0 Å². The number of halogens is 1. The molecule has 3 aromatic rings. The summed E-state index contributed by atoms with van der Waals surface area (Å²) in [6, 6.07) is 17.0. The fourth-order valence-corrected chi connectivity index (χ4v) is 2.33. The van der Waals surface area contributed by atoms with Gasteiger partial charge in [-0.25, -0.2) is 4.39 Å². The fourth-order valence-electron chi connectivity index (χ4n) is 2.33. The van der Waals surface area contributed by atoms with E-state index in [-0.39, 0.29) is 12.5 Å². The molecule has 0 aliphatic rings. The standard InChI is InChI=1S/C19H16FNO3/c1-23-17-7-5-13-6-8-18(10-14(13)9-17)24-12-19(22)21-16-4-2-3-15(20)11-16/h2-11H,12H2,1H3,(H,21,22). The van der Waals surface area contributed by atoms with Crippen LogP contribution in [0.3, 0.4) is 0 Å². The van der Waals surface area contributed by atoms with Crippen LogP contribution in [0.4, 0.5) is 10.1 Å². The molecule has 24 heavy (non-hydrogen) atoms. The molecule has 0 spiro atoms. The molecule has 0 aliphatic heterocycles. The van der Waals surface area contributed by atoms with Gasteiger partial charge in [-0.05, 0) is 53.2 Å². The average Bonchev–Trinajstić information content (AvgIpc) is 2.59. The number of rotatable bonds is 5. The van der Waals surface area contributed by atoms with E-state index in [0.717, 1.165) is 16.5 Å². The van der Waals surface area contributed by atoms with Crippen molar-refractivity contribution in [3.05, 3.63) is 66.5 Å². The summed E-state index contributed by atoms with van der Waals surface area (Å²) in [7, 11) is 1.61. The number of hydrogen-bond donors (Lipinski definition) is 1. The van der Waals surface area contributed by atoms with Gasteiger partial charge in [0.15, 0.2) is 6.61 Å². The zero-order valence-electron chi connectivity index (χ0n) is 13.1. The SMILES string of the molecule is COc1ccc2ccc(OCC(=O)Nc3cccc(F)c3)cc2c1. The Hall–Kier alpha value is -3.08. The summed E-state index contributed by atoms with van der Waals surface area (Å²) in [5.41, 5.74) is 0.395. The first kappa shape index (κ1) is 15.8. The van der Waals surface area contributed by atoms with E-state index in [1.165, 1.54) is 18.2 Å². The second kappa shape index (κ2) is 7.00. The van der Waals surface area contributed by atoms with Gasteiger partial charge < -0.3 is 14.8 Å². The van der Waals surface area contributed by atoms with E-state index < -0.39 is 5.82 Å². The molecular weight excluding hydrogens is 309 g/mol. The molecule has 1 amide bonds. The number of carbonyl (C=O) groups is 1. The lowest BCUT2D eigenvalue weighted by Gasteiger charge is -2.09. The van der Waals surface area contributed by atoms with Crippen LogP contribution < -0.4 is 14.8 Å². The number of methoxy groups -OCH3 is 1. The van der Waals surface area contributed by atoms with Crippen LogP contribution in [0.1, 0.15) is 0 Å². The van der Waals surface area contributed by atoms with E-state index >= 15 is 0 Å². The van der Waals surface area contributed by atoms with E-state index in [9.17, 15) is 9.18 Å². The summed E-state index contributed by atoms with van der Waals surface area (Å²) in [4.78, 5) is 11.9. The first-order valence-corrected chi connectivity index (χ1v) is 7.40. The number of nitrogens with one attached hydrogen (secondary N) is 1. The number of carbonyl (C=O) groups excluding carboxylic acids is 1. The van der Waals surface area contributed by atoms with E-state index in [1.807, 2.05) is 30.3 Å². The number of hydrogen-bond acceptors (Lipinski definition) is 3. The Labute approximate surface area is 138 Å². The number of benzene rings is 3. The van der Waals surface area contributed by atoms with Crippen molar-refractivity contribution >= 4 is 22.4 Å². The topological polar surface area (TPSA) is 47.6 Å². The molecule has 0 saturated heterocycles. The third-order valence-corrected chi connectivity index (χ3v) is 3.50. The Morgan fingerprint density at radius 1 is 1.00 bits per heavy atom. The molecule has 0 aliphatic carbocycles. The summed E-state index contributed by atoms with van der Waals surface area (Å²) in [6.45, 7) is -0.161. The molecule has 3 aromatic carbocycles. The summed E-state index contributed by atoms with van der Waals surface area (Å²) >= 11 is 0. The van der Waals surface area contributed by atoms with Crippen molar-refractivity contribution in [3.63, 3.8) is 0 Å². The van der Waals surface area contributed by atoms with Crippen LogP contribution in [0, 0.1) is 5.82 Å². The number of fused-ring (bicyclic) bond motifs is 1. The van der Waals surface area contributed by atoms with E-state index in [4.69, 9.17) is 9.47 Å². The first-order valence-electron chi connectivity index (χ1n) is 7.40. The highest BCUT2D eigenvalue weighted by Gasteiger charge is 2.05. The second-order valence-electron chi connectivity index (χ2n) is 5.22. The maximum atomic E-state index is 13.1. The van der Waals surface area contributed by atoms with Crippen LogP contribution in [0.5, 0.6) is 11.5 Å². The Morgan fingerprint density at radius 2 is 1.75 bits per heavy atom. The molecule has 0 unspecified atom stereocenters. The van der Waals surface area contributed by atoms with Crippen molar-refractivity contribution in [1.82, 2.24) is 0 Å². The van der Waals surface area contributed by atoms with Crippen LogP contribution in [-0.2, 0) is 4.79 Å². The molecule has 0 bridgehead atoms. The van der Waals surface area contributed by atoms with E-state index in [1.54, 1.807) is 19.2 Å². The lowest BCUT2D eigenvalue weighted by molar-refractivity contribution is -0.118. The smallest absolute Gasteiger partial charge is 0.262 e. The number of amides is 1. The summed E-state index contributed by atoms with van der Waals surface area (Å²) in [6.07, 6.45) is 0. The van der Waals surface area contributed by atoms with Crippen molar-refractivity contribution in [3.8, 4) is 11.5 Å². The van der Waals surface area contributed by atoms with Crippen LogP contribution in [0.2, 0.25) is 0 Å². The molecule has 0 saturated carbocycles. The van der Waals surface area contributed by atoms with Gasteiger partial charge in [-0.1, -0.05) is 18.2 Å². The molecular formula is C19H16FNO3. The van der Waals surface area contributed by atoms with Gasteiger partial charge in [0.05, 0.1) is 7.11 Å². The zero-order valence-corrected chi connectivity index (χ0v) is 13.1. The third-order valence-electron chi connectivity index (χ3n) is 3.50. The third kappa shape index (κ3) is 3.81. The molecule has 122 valence electrons. The van der Waals surface area contributed by atoms with Crippen molar-refractivity contribution in [1.29, 1.82) is 0 Å². The van der Waals surface area contributed by atoms with Gasteiger partial charge in [-0.3, -0.25) is 4.79 Å². The van der Waals surface area contributed by atoms with Crippen molar-refractivity contribution in [2.45, 2.75) is 0 Å². The quantitative estimate of drug-likeness (QED) is 0.771. The van der Waals surface area contributed by atoms with Gasteiger partial charge in [0, 0.05) is 5.69 Å². The highest BCUT2D eigenvalue weighted by atomic mass is 19.1. The van der Waals surface area contributed by atoms with Gasteiger partial charge in [0.1, 0.15) is 17.3 Å². The maximum Gasteiger partial charge on any atom is 0.262 e. The molecule has 0 aromatic heterocycles. The Morgan fingerprint density at radius 3 is 2.50 bits per heavy atom. The summed E-state index contributed by atoms with van der Waals surface area (Å²) in [5.74, 6) is 0.567. The largest absolute Gasteiger partial charge is 0.497 e. The van der Waals surface area contributed by atoms with E-state index in [0.29, 0.717) is 11.4 Å². The van der Waals surface area contributed by atoms with Crippen molar-refractivity contribution in [2.75, 3.05) is 19.0 Å². The molecule has 5 heteroatoms. The molecule has 0 atom stereocenters. The monoisotopic (exact) mass is 325 g/mol. The fraction of sp³-hybridized carbons (Fsp3) is 0.105. The van der Waals surface area contributed by atoms with Crippen LogP contribution in [0.25, 0.3) is 10.8 Å². The molecule has 0 radical (unpaired) electrons. The molecule has 1 N–H and O–H groups in total. The van der Waals surface area contributed by atoms with Crippen LogP contribution in [0.15, 0.2) is 60.7 Å². The predicted molar refractivity (Wildman–Crippen MR) is 91.0 cm³/mol. The lowest BCUT2D eigenvalue weighted by atomic mass is 10.1. The minimum absolute atomic E-state index is 0.161. The summed E-state index contributed by atoms with van der Waals surface area (Å²) in [5, 5.41) is 4.59. The second-order valence-corrected chi connectivity index (χ2v) is 5.22. The first-order chi connectivity index (χ1) is 11.6. The van der Waals surface area contributed by atoms with Crippen molar-refractivity contribution < 1.29 is 18.7 Å². The van der Waals surface area contributed by atoms with Gasteiger partial charge in [0.25, 0.3) is 5.91 Å². The zero-order chi connectivity index (χ0) is 16.9. The minimum atomic E-state index is -0.405. The molecule has 4 nitrogen and oxygen atoms in total. The lowest BCUT2D eigenvalue weighted by Crippen LogP contribution is -2.20. The Balaban J connectivity index is 1.65. The maximum absolute atomic E-state index is 13.1. The molecule has 0 heterocycles. The number of anilines is 1. The molecule has 0 fully saturated rings. The summed E-state index contributed by atoms with van der Waals surface area (Å²) < 4.78 is 23.8. The minimum Gasteiger partial charge on any atom is -0.497 e. The Kier molecular flexibility index (Phi) is 4.61. The van der Waals surface area contributed by atoms with Gasteiger partial charge in [0.2, 0.25) is 0 Å². The van der Waals surface area contributed by atoms with Gasteiger partial charge in [-0.2, -0.15) is 0 Å².